The Labute approximate surface area is 242 Å². The average molecular weight is 576 g/mol. The lowest BCUT2D eigenvalue weighted by Crippen LogP contribution is -2.50. The number of aromatic nitrogens is 4. The normalized spacial score (nSPS) is 19.2. The second-order valence-corrected chi connectivity index (χ2v) is 11.6. The van der Waals surface area contributed by atoms with Gasteiger partial charge in [-0.15, -0.1) is 0 Å². The SMILES string of the molecule is Cc1ncc(Oc2nc3c(c(N4C[C@H](N)C5(CC5)C4)n2)-c2cc(F)cc(N(C)C(=O)[C@H](C)NC(=O)[C@H](C)N)c2C3)cn1. The third kappa shape index (κ3) is 4.92. The van der Waals surface area contributed by atoms with Crippen molar-refractivity contribution in [3.63, 3.8) is 0 Å². The zero-order valence-electron chi connectivity index (χ0n) is 24.0. The number of halogens is 1. The van der Waals surface area contributed by atoms with E-state index in [1.165, 1.54) is 24.0 Å². The van der Waals surface area contributed by atoms with E-state index in [1.54, 1.807) is 33.3 Å². The number of anilines is 2. The maximum Gasteiger partial charge on any atom is 0.324 e. The number of hydrogen-bond acceptors (Lipinski definition) is 10. The molecule has 1 saturated carbocycles. The van der Waals surface area contributed by atoms with Gasteiger partial charge in [-0.25, -0.2) is 14.4 Å². The number of hydrogen-bond donors (Lipinski definition) is 3. The summed E-state index contributed by atoms with van der Waals surface area (Å²) >= 11 is 0. The van der Waals surface area contributed by atoms with Gasteiger partial charge in [-0.3, -0.25) is 9.59 Å². The zero-order valence-corrected chi connectivity index (χ0v) is 24.0. The van der Waals surface area contributed by atoms with Crippen molar-refractivity contribution in [2.75, 3.05) is 29.9 Å². The summed E-state index contributed by atoms with van der Waals surface area (Å²) in [5.74, 6) is 0.230. The second kappa shape index (κ2) is 10.2. The summed E-state index contributed by atoms with van der Waals surface area (Å²) < 4.78 is 21.2. The van der Waals surface area contributed by atoms with E-state index in [4.69, 9.17) is 26.2 Å². The van der Waals surface area contributed by atoms with Crippen LogP contribution in [0.4, 0.5) is 15.9 Å². The van der Waals surface area contributed by atoms with Gasteiger partial charge in [0.25, 0.3) is 0 Å². The number of carbonyl (C=O) groups is 2. The maximum atomic E-state index is 15.2. The maximum absolute atomic E-state index is 15.2. The number of nitrogens with two attached hydrogens (primary N) is 2. The molecule has 3 aromatic rings. The number of ether oxygens (including phenoxy) is 1. The highest BCUT2D eigenvalue weighted by molar-refractivity contribution is 6.01. The predicted molar refractivity (Wildman–Crippen MR) is 154 cm³/mol. The fraction of sp³-hybridized carbons (Fsp3) is 0.448. The average Bonchev–Trinajstić information content (AvgIpc) is 3.54. The van der Waals surface area contributed by atoms with Gasteiger partial charge in [0, 0.05) is 43.6 Å². The lowest BCUT2D eigenvalue weighted by molar-refractivity contribution is -0.127. The van der Waals surface area contributed by atoms with Crippen LogP contribution in [0.2, 0.25) is 0 Å². The van der Waals surface area contributed by atoms with Gasteiger partial charge in [0.2, 0.25) is 11.8 Å². The molecule has 1 spiro atoms. The summed E-state index contributed by atoms with van der Waals surface area (Å²) in [4.78, 5) is 46.8. The van der Waals surface area contributed by atoms with Crippen LogP contribution in [0.25, 0.3) is 11.1 Å². The van der Waals surface area contributed by atoms with Crippen molar-refractivity contribution in [2.45, 2.75) is 58.2 Å². The molecule has 0 unspecified atom stereocenters. The van der Waals surface area contributed by atoms with E-state index in [0.717, 1.165) is 24.9 Å². The van der Waals surface area contributed by atoms with Crippen molar-refractivity contribution in [1.82, 2.24) is 25.3 Å². The van der Waals surface area contributed by atoms with Crippen LogP contribution in [0.3, 0.4) is 0 Å². The number of amides is 2. The van der Waals surface area contributed by atoms with E-state index in [-0.39, 0.29) is 17.5 Å². The molecule has 3 heterocycles. The van der Waals surface area contributed by atoms with E-state index >= 15 is 4.39 Å². The van der Waals surface area contributed by atoms with Crippen LogP contribution in [0, 0.1) is 18.2 Å². The highest BCUT2D eigenvalue weighted by atomic mass is 19.1. The summed E-state index contributed by atoms with van der Waals surface area (Å²) in [6.45, 7) is 6.22. The van der Waals surface area contributed by atoms with Crippen molar-refractivity contribution in [2.24, 2.45) is 16.9 Å². The molecule has 2 aliphatic carbocycles. The van der Waals surface area contributed by atoms with Gasteiger partial charge in [0.15, 0.2) is 5.75 Å². The van der Waals surface area contributed by atoms with Gasteiger partial charge >= 0.3 is 6.01 Å². The summed E-state index contributed by atoms with van der Waals surface area (Å²) in [6.07, 6.45) is 5.54. The number of aryl methyl sites for hydroxylation is 1. The molecule has 2 amide bonds. The highest BCUT2D eigenvalue weighted by Gasteiger charge is 2.54. The Balaban J connectivity index is 1.40. The molecule has 0 bridgehead atoms. The van der Waals surface area contributed by atoms with E-state index in [0.29, 0.717) is 52.9 Å². The van der Waals surface area contributed by atoms with Crippen LogP contribution < -0.4 is 31.3 Å². The van der Waals surface area contributed by atoms with E-state index in [2.05, 4.69) is 20.2 Å². The number of nitrogens with zero attached hydrogens (tertiary/aromatic N) is 6. The Morgan fingerprint density at radius 3 is 2.57 bits per heavy atom. The molecule has 2 aromatic heterocycles. The lowest BCUT2D eigenvalue weighted by Gasteiger charge is -2.25. The van der Waals surface area contributed by atoms with Crippen LogP contribution in [0.1, 0.15) is 43.8 Å². The van der Waals surface area contributed by atoms with Crippen LogP contribution >= 0.6 is 0 Å². The Bertz CT molecular complexity index is 1580. The van der Waals surface area contributed by atoms with Crippen molar-refractivity contribution in [3.8, 4) is 22.9 Å². The molecule has 12 nitrogen and oxygen atoms in total. The Kier molecular flexibility index (Phi) is 6.81. The molecule has 0 radical (unpaired) electrons. The monoisotopic (exact) mass is 575 g/mol. The smallest absolute Gasteiger partial charge is 0.324 e. The van der Waals surface area contributed by atoms with Gasteiger partial charge in [-0.05, 0) is 56.9 Å². The minimum atomic E-state index is -0.871. The molecule has 5 N–H and O–H groups in total. The first kappa shape index (κ1) is 27.9. The molecule has 6 rings (SSSR count). The Morgan fingerprint density at radius 2 is 1.93 bits per heavy atom. The number of rotatable bonds is 7. The lowest BCUT2D eigenvalue weighted by atomic mass is 10.0. The first-order valence-electron chi connectivity index (χ1n) is 14.0. The van der Waals surface area contributed by atoms with E-state index in [1.807, 2.05) is 0 Å². The largest absolute Gasteiger partial charge is 0.421 e. The standard InChI is InChI=1S/C29H34FN9O3/c1-14(31)26(40)35-15(2)27(41)38(4)22-8-17(30)7-20-19(22)9-21-24(20)25(39-12-23(32)29(13-39)5-6-29)37-28(36-21)42-18-10-33-16(3)34-11-18/h7-8,10-11,14-15,23H,5-6,9,12-13,31-32H2,1-4H3,(H,35,40)/t14-,15-,23-/m0/s1. The minimum Gasteiger partial charge on any atom is -0.421 e. The summed E-state index contributed by atoms with van der Waals surface area (Å²) in [6, 6.07) is 1.25. The fourth-order valence-electron chi connectivity index (χ4n) is 5.85. The molecule has 1 aromatic carbocycles. The summed E-state index contributed by atoms with van der Waals surface area (Å²) in [7, 11) is 1.56. The molecule has 220 valence electrons. The van der Waals surface area contributed by atoms with Crippen molar-refractivity contribution in [1.29, 1.82) is 0 Å². The third-order valence-corrected chi connectivity index (χ3v) is 8.45. The quantitative estimate of drug-likeness (QED) is 0.296. The molecule has 42 heavy (non-hydrogen) atoms. The second-order valence-electron chi connectivity index (χ2n) is 11.6. The zero-order chi connectivity index (χ0) is 29.9. The fourth-order valence-corrected chi connectivity index (χ4v) is 5.85. The van der Waals surface area contributed by atoms with Crippen LogP contribution in [0.15, 0.2) is 24.5 Å². The molecule has 1 aliphatic heterocycles. The van der Waals surface area contributed by atoms with Crippen molar-refractivity contribution >= 4 is 23.3 Å². The van der Waals surface area contributed by atoms with E-state index < -0.39 is 29.7 Å². The molecule has 2 fully saturated rings. The first-order valence-corrected chi connectivity index (χ1v) is 14.0. The predicted octanol–water partition coefficient (Wildman–Crippen LogP) is 1.82. The summed E-state index contributed by atoms with van der Waals surface area (Å²) in [5, 5.41) is 2.61. The molecule has 3 aliphatic rings. The van der Waals surface area contributed by atoms with Crippen LogP contribution in [-0.4, -0.2) is 70.0 Å². The topological polar surface area (TPSA) is 165 Å². The molecular weight excluding hydrogens is 541 g/mol. The van der Waals surface area contributed by atoms with Gasteiger partial charge in [0.1, 0.15) is 23.5 Å². The van der Waals surface area contributed by atoms with Gasteiger partial charge in [-0.2, -0.15) is 9.97 Å². The molecular formula is C29H34FN9O3. The van der Waals surface area contributed by atoms with Crippen molar-refractivity contribution < 1.29 is 18.7 Å². The molecule has 3 atom stereocenters. The number of benzene rings is 1. The minimum absolute atomic E-state index is 0.00128. The van der Waals surface area contributed by atoms with Gasteiger partial charge in [0.05, 0.1) is 29.8 Å². The molecule has 1 saturated heterocycles. The molecule has 13 heteroatoms. The number of carbonyl (C=O) groups excluding carboxylic acids is 2. The Morgan fingerprint density at radius 1 is 1.21 bits per heavy atom. The third-order valence-electron chi connectivity index (χ3n) is 8.45. The Hall–Kier alpha value is -4.23. The number of likely N-dealkylation sites (N-methyl/N-ethyl adjacent to an activating group) is 1. The first-order chi connectivity index (χ1) is 20.0. The summed E-state index contributed by atoms with van der Waals surface area (Å²) in [5.41, 5.74) is 15.3. The van der Waals surface area contributed by atoms with Crippen molar-refractivity contribution in [3.05, 3.63) is 47.4 Å². The van der Waals surface area contributed by atoms with E-state index in [9.17, 15) is 9.59 Å². The number of fused-ring (bicyclic) bond motifs is 3. The highest BCUT2D eigenvalue weighted by Crippen LogP contribution is 2.54. The van der Waals surface area contributed by atoms with Gasteiger partial charge < -0.3 is 31.3 Å². The van der Waals surface area contributed by atoms with Crippen LogP contribution in [0.5, 0.6) is 11.8 Å². The van der Waals surface area contributed by atoms with Gasteiger partial charge in [-0.1, -0.05) is 0 Å². The van der Waals surface area contributed by atoms with Crippen LogP contribution in [-0.2, 0) is 16.0 Å². The number of nitrogens with one attached hydrogen (secondary N) is 1.